The highest BCUT2D eigenvalue weighted by Crippen LogP contribution is 2.46. The van der Waals surface area contributed by atoms with E-state index in [2.05, 4.69) is 16.0 Å². The number of ether oxygens (including phenoxy) is 1. The number of nitrogens with one attached hydrogen (secondary N) is 3. The number of anilines is 2. The van der Waals surface area contributed by atoms with Gasteiger partial charge in [0.15, 0.2) is 0 Å². The zero-order valence-electron chi connectivity index (χ0n) is 14.3. The molecule has 6 heteroatoms. The van der Waals surface area contributed by atoms with E-state index in [1.165, 1.54) is 0 Å². The van der Waals surface area contributed by atoms with Crippen LogP contribution in [0.2, 0.25) is 0 Å². The standard InChI is InChI=1S/C19H25N3O3/c23-17(16-4-2-10-25-16)21-14-5-7-15(8-6-14)22-18(24)19-9-1-3-13(19)11-20-12-19/h5-8,13,16,20H,1-4,9-12H2,(H,21,23)(H,22,24)/t13-,16-,19-/m1/s1. The highest BCUT2D eigenvalue weighted by molar-refractivity contribution is 5.97. The molecule has 3 N–H and O–H groups in total. The summed E-state index contributed by atoms with van der Waals surface area (Å²) in [6, 6.07) is 7.32. The minimum absolute atomic E-state index is 0.0981. The first-order chi connectivity index (χ1) is 12.2. The Hall–Kier alpha value is -1.92. The molecule has 2 aliphatic heterocycles. The van der Waals surface area contributed by atoms with Crippen molar-refractivity contribution in [1.82, 2.24) is 5.32 Å². The molecule has 0 bridgehead atoms. The van der Waals surface area contributed by atoms with Gasteiger partial charge in [0.2, 0.25) is 5.91 Å². The fourth-order valence-electron chi connectivity index (χ4n) is 4.42. The normalized spacial score (nSPS) is 30.9. The maximum Gasteiger partial charge on any atom is 0.253 e. The molecule has 1 aromatic carbocycles. The van der Waals surface area contributed by atoms with Crippen LogP contribution >= 0.6 is 0 Å². The number of carbonyl (C=O) groups excluding carboxylic acids is 2. The number of benzene rings is 1. The van der Waals surface area contributed by atoms with Gasteiger partial charge in [0.25, 0.3) is 5.91 Å². The summed E-state index contributed by atoms with van der Waals surface area (Å²) in [5.41, 5.74) is 1.25. The van der Waals surface area contributed by atoms with Gasteiger partial charge in [-0.25, -0.2) is 0 Å². The van der Waals surface area contributed by atoms with E-state index in [-0.39, 0.29) is 23.3 Å². The zero-order chi connectivity index (χ0) is 17.3. The Morgan fingerprint density at radius 3 is 2.56 bits per heavy atom. The lowest BCUT2D eigenvalue weighted by molar-refractivity contribution is -0.126. The molecule has 2 heterocycles. The van der Waals surface area contributed by atoms with Crippen molar-refractivity contribution in [3.8, 4) is 0 Å². The molecular formula is C19H25N3O3. The van der Waals surface area contributed by atoms with Crippen LogP contribution in [-0.4, -0.2) is 37.6 Å². The van der Waals surface area contributed by atoms with Gasteiger partial charge >= 0.3 is 0 Å². The van der Waals surface area contributed by atoms with Gasteiger partial charge in [0.05, 0.1) is 5.41 Å². The quantitative estimate of drug-likeness (QED) is 0.782. The molecule has 1 aromatic rings. The second-order valence-corrected chi connectivity index (χ2v) is 7.40. The van der Waals surface area contributed by atoms with Crippen LogP contribution in [0.1, 0.15) is 32.1 Å². The SMILES string of the molecule is O=C(Nc1ccc(NC(=O)[C@@]23CCC[C@@H]2CNC3)cc1)[C@H]1CCCO1. The topological polar surface area (TPSA) is 79.5 Å². The third kappa shape index (κ3) is 3.16. The van der Waals surface area contributed by atoms with Crippen LogP contribution in [0.15, 0.2) is 24.3 Å². The molecule has 3 aliphatic rings. The van der Waals surface area contributed by atoms with Crippen molar-refractivity contribution in [2.24, 2.45) is 11.3 Å². The Labute approximate surface area is 147 Å². The van der Waals surface area contributed by atoms with E-state index >= 15 is 0 Å². The maximum atomic E-state index is 12.8. The number of rotatable bonds is 4. The molecule has 134 valence electrons. The van der Waals surface area contributed by atoms with Crippen LogP contribution in [0.4, 0.5) is 11.4 Å². The molecule has 6 nitrogen and oxygen atoms in total. The fourth-order valence-corrected chi connectivity index (χ4v) is 4.42. The van der Waals surface area contributed by atoms with Crippen molar-refractivity contribution in [2.45, 2.75) is 38.2 Å². The van der Waals surface area contributed by atoms with Gasteiger partial charge in [-0.15, -0.1) is 0 Å². The molecule has 1 aliphatic carbocycles. The van der Waals surface area contributed by atoms with E-state index in [9.17, 15) is 9.59 Å². The molecule has 4 rings (SSSR count). The van der Waals surface area contributed by atoms with Gasteiger partial charge < -0.3 is 20.7 Å². The van der Waals surface area contributed by atoms with Crippen molar-refractivity contribution in [3.05, 3.63) is 24.3 Å². The number of hydrogen-bond donors (Lipinski definition) is 3. The first-order valence-electron chi connectivity index (χ1n) is 9.22. The van der Waals surface area contributed by atoms with E-state index in [1.54, 1.807) is 0 Å². The largest absolute Gasteiger partial charge is 0.368 e. The lowest BCUT2D eigenvalue weighted by atomic mass is 9.80. The van der Waals surface area contributed by atoms with Gasteiger partial charge in [-0.1, -0.05) is 6.42 Å². The van der Waals surface area contributed by atoms with E-state index in [1.807, 2.05) is 24.3 Å². The van der Waals surface area contributed by atoms with E-state index in [4.69, 9.17) is 4.74 Å². The molecule has 2 amide bonds. The van der Waals surface area contributed by atoms with Crippen LogP contribution in [0.5, 0.6) is 0 Å². The third-order valence-corrected chi connectivity index (χ3v) is 5.87. The number of hydrogen-bond acceptors (Lipinski definition) is 4. The summed E-state index contributed by atoms with van der Waals surface area (Å²) < 4.78 is 5.38. The minimum atomic E-state index is -0.340. The Morgan fingerprint density at radius 2 is 1.84 bits per heavy atom. The van der Waals surface area contributed by atoms with Crippen LogP contribution in [0.3, 0.4) is 0 Å². The number of fused-ring (bicyclic) bond motifs is 1. The molecule has 25 heavy (non-hydrogen) atoms. The Kier molecular flexibility index (Phi) is 4.48. The summed E-state index contributed by atoms with van der Waals surface area (Å²) in [6.45, 7) is 2.38. The fraction of sp³-hybridized carbons (Fsp3) is 0.579. The van der Waals surface area contributed by atoms with Crippen LogP contribution in [0.25, 0.3) is 0 Å². The highest BCUT2D eigenvalue weighted by atomic mass is 16.5. The summed E-state index contributed by atoms with van der Waals surface area (Å²) in [7, 11) is 0. The number of carbonyl (C=O) groups is 2. The van der Waals surface area contributed by atoms with Crippen LogP contribution in [0, 0.1) is 11.3 Å². The third-order valence-electron chi connectivity index (χ3n) is 5.87. The van der Waals surface area contributed by atoms with Crippen LogP contribution in [-0.2, 0) is 14.3 Å². The molecule has 0 radical (unpaired) electrons. The maximum absolute atomic E-state index is 12.8. The lowest BCUT2D eigenvalue weighted by Gasteiger charge is -2.26. The second-order valence-electron chi connectivity index (χ2n) is 7.40. The smallest absolute Gasteiger partial charge is 0.253 e. The van der Waals surface area contributed by atoms with E-state index in [0.29, 0.717) is 12.5 Å². The predicted molar refractivity (Wildman–Crippen MR) is 95.3 cm³/mol. The minimum Gasteiger partial charge on any atom is -0.368 e. The molecule has 3 fully saturated rings. The van der Waals surface area contributed by atoms with Crippen molar-refractivity contribution < 1.29 is 14.3 Å². The van der Waals surface area contributed by atoms with E-state index in [0.717, 1.165) is 56.6 Å². The monoisotopic (exact) mass is 343 g/mol. The molecule has 0 spiro atoms. The summed E-state index contributed by atoms with van der Waals surface area (Å²) >= 11 is 0. The Morgan fingerprint density at radius 1 is 1.08 bits per heavy atom. The molecule has 0 unspecified atom stereocenters. The first-order valence-corrected chi connectivity index (χ1v) is 9.22. The Bertz CT molecular complexity index is 642. The average Bonchev–Trinajstić information content (AvgIpc) is 3.33. The van der Waals surface area contributed by atoms with E-state index < -0.39 is 0 Å². The van der Waals surface area contributed by atoms with Crippen molar-refractivity contribution in [2.75, 3.05) is 30.3 Å². The Balaban J connectivity index is 1.37. The summed E-state index contributed by atoms with van der Waals surface area (Å²) in [5.74, 6) is 0.479. The summed E-state index contributed by atoms with van der Waals surface area (Å²) in [5, 5.41) is 9.30. The van der Waals surface area contributed by atoms with Gasteiger partial charge in [0.1, 0.15) is 6.10 Å². The zero-order valence-corrected chi connectivity index (χ0v) is 14.3. The van der Waals surface area contributed by atoms with Gasteiger partial charge in [0, 0.05) is 24.5 Å². The molecular weight excluding hydrogens is 318 g/mol. The second kappa shape index (κ2) is 6.77. The molecule has 1 saturated carbocycles. The molecule has 0 aromatic heterocycles. The molecule has 3 atom stereocenters. The highest BCUT2D eigenvalue weighted by Gasteiger charge is 2.51. The van der Waals surface area contributed by atoms with Crippen LogP contribution < -0.4 is 16.0 Å². The van der Waals surface area contributed by atoms with Gasteiger partial charge in [-0.3, -0.25) is 9.59 Å². The molecule has 2 saturated heterocycles. The van der Waals surface area contributed by atoms with Gasteiger partial charge in [-0.2, -0.15) is 0 Å². The average molecular weight is 343 g/mol. The van der Waals surface area contributed by atoms with Gasteiger partial charge in [-0.05, 0) is 62.4 Å². The van der Waals surface area contributed by atoms with Crippen molar-refractivity contribution >= 4 is 23.2 Å². The van der Waals surface area contributed by atoms with Crippen molar-refractivity contribution in [1.29, 1.82) is 0 Å². The summed E-state index contributed by atoms with van der Waals surface area (Å²) in [4.78, 5) is 24.9. The predicted octanol–water partition coefficient (Wildman–Crippen LogP) is 2.13. The summed E-state index contributed by atoms with van der Waals surface area (Å²) in [6.07, 6.45) is 4.60. The first kappa shape index (κ1) is 16.5. The lowest BCUT2D eigenvalue weighted by Crippen LogP contribution is -2.39. The van der Waals surface area contributed by atoms with Crippen molar-refractivity contribution in [3.63, 3.8) is 0 Å². The number of amides is 2.